The van der Waals surface area contributed by atoms with Gasteiger partial charge in [0.2, 0.25) is 0 Å². The zero-order valence-corrected chi connectivity index (χ0v) is 6.96. The number of hydrogen-bond acceptors (Lipinski definition) is 5. The molecule has 1 atom stereocenters. The van der Waals surface area contributed by atoms with Crippen LogP contribution < -0.4 is 0 Å². The van der Waals surface area contributed by atoms with Crippen molar-refractivity contribution in [3.63, 3.8) is 0 Å². The van der Waals surface area contributed by atoms with Crippen LogP contribution in [0.4, 0.5) is 0 Å². The molecule has 0 aromatic carbocycles. The molecule has 66 valence electrons. The van der Waals surface area contributed by atoms with Gasteiger partial charge in [0, 0.05) is 19.3 Å². The average molecular weight is 180 g/mol. The van der Waals surface area contributed by atoms with E-state index in [1.807, 2.05) is 0 Å². The first kappa shape index (κ1) is 9.28. The molecule has 0 bridgehead atoms. The van der Waals surface area contributed by atoms with Crippen molar-refractivity contribution in [2.45, 2.75) is 31.0 Å². The zero-order valence-electron chi connectivity index (χ0n) is 6.06. The molecular weight excluding hydrogens is 168 g/mol. The maximum absolute atomic E-state index is 9.05. The number of aliphatic hydroxyl groups excluding tert-OH is 2. The third kappa shape index (κ3) is 2.61. The van der Waals surface area contributed by atoms with Crippen molar-refractivity contribution in [1.29, 1.82) is 0 Å². The smallest absolute Gasteiger partial charge is 0.108 e. The van der Waals surface area contributed by atoms with E-state index < -0.39 is 6.10 Å². The molecular formula is C6H12O4S. The van der Waals surface area contributed by atoms with Gasteiger partial charge in [-0.05, 0) is 12.8 Å². The fourth-order valence-corrected chi connectivity index (χ4v) is 1.19. The van der Waals surface area contributed by atoms with Gasteiger partial charge in [-0.2, -0.15) is 4.33 Å². The van der Waals surface area contributed by atoms with Crippen molar-refractivity contribution in [3.05, 3.63) is 0 Å². The van der Waals surface area contributed by atoms with Gasteiger partial charge in [-0.25, -0.2) is 4.89 Å². The van der Waals surface area contributed by atoms with Crippen LogP contribution in [0.5, 0.6) is 0 Å². The Labute approximate surface area is 70.7 Å². The highest BCUT2D eigenvalue weighted by atomic mass is 32.1. The van der Waals surface area contributed by atoms with Crippen molar-refractivity contribution in [2.24, 2.45) is 0 Å². The maximum Gasteiger partial charge on any atom is 0.108 e. The number of thiol groups is 1. The van der Waals surface area contributed by atoms with E-state index in [1.165, 1.54) is 0 Å². The summed E-state index contributed by atoms with van der Waals surface area (Å²) in [6, 6.07) is 0. The van der Waals surface area contributed by atoms with Crippen LogP contribution in [0.3, 0.4) is 0 Å². The molecule has 5 heteroatoms. The van der Waals surface area contributed by atoms with Crippen LogP contribution in [0.15, 0.2) is 0 Å². The van der Waals surface area contributed by atoms with E-state index >= 15 is 0 Å². The molecule has 1 saturated carbocycles. The van der Waals surface area contributed by atoms with Crippen molar-refractivity contribution in [3.8, 4) is 0 Å². The predicted molar refractivity (Wildman–Crippen MR) is 40.8 cm³/mol. The second-order valence-electron chi connectivity index (χ2n) is 2.88. The first-order chi connectivity index (χ1) is 5.22. The summed E-state index contributed by atoms with van der Waals surface area (Å²) in [5, 5.41) is 17.6. The van der Waals surface area contributed by atoms with E-state index in [1.54, 1.807) is 0 Å². The van der Waals surface area contributed by atoms with Crippen LogP contribution in [0.25, 0.3) is 0 Å². The van der Waals surface area contributed by atoms with Crippen LogP contribution in [0, 0.1) is 0 Å². The molecule has 0 aliphatic heterocycles. The summed E-state index contributed by atoms with van der Waals surface area (Å²) < 4.78 is 4.22. The van der Waals surface area contributed by atoms with E-state index in [0.717, 1.165) is 12.8 Å². The van der Waals surface area contributed by atoms with Crippen LogP contribution in [0.2, 0.25) is 0 Å². The Morgan fingerprint density at radius 1 is 1.55 bits per heavy atom. The third-order valence-electron chi connectivity index (χ3n) is 1.84. The number of hydrogen-bond donors (Lipinski definition) is 3. The van der Waals surface area contributed by atoms with Gasteiger partial charge in [-0.1, -0.05) is 0 Å². The summed E-state index contributed by atoms with van der Waals surface area (Å²) in [5.41, 5.74) is -0.385. The maximum atomic E-state index is 9.05. The zero-order chi connectivity index (χ0) is 8.32. The molecule has 1 aliphatic carbocycles. The predicted octanol–water partition coefficient (Wildman–Crippen LogP) is 0.0553. The van der Waals surface area contributed by atoms with Gasteiger partial charge in [-0.3, -0.25) is 0 Å². The Kier molecular flexibility index (Phi) is 3.15. The van der Waals surface area contributed by atoms with Crippen LogP contribution in [0.1, 0.15) is 19.3 Å². The van der Waals surface area contributed by atoms with Crippen molar-refractivity contribution >= 4 is 12.9 Å². The molecule has 0 radical (unpaired) electrons. The van der Waals surface area contributed by atoms with Crippen molar-refractivity contribution in [2.75, 3.05) is 6.61 Å². The summed E-state index contributed by atoms with van der Waals surface area (Å²) in [4.78, 5) is 4.81. The largest absolute Gasteiger partial charge is 0.394 e. The minimum atomic E-state index is -0.721. The van der Waals surface area contributed by atoms with E-state index in [-0.39, 0.29) is 12.2 Å². The van der Waals surface area contributed by atoms with E-state index in [9.17, 15) is 0 Å². The summed E-state index contributed by atoms with van der Waals surface area (Å²) in [6.07, 6.45) is 1.39. The summed E-state index contributed by atoms with van der Waals surface area (Å²) >= 11 is 3.44. The fourth-order valence-electron chi connectivity index (χ4n) is 1.03. The Morgan fingerprint density at radius 3 is 2.55 bits per heavy atom. The molecule has 0 heterocycles. The Morgan fingerprint density at radius 2 is 2.18 bits per heavy atom. The van der Waals surface area contributed by atoms with E-state index in [0.29, 0.717) is 6.42 Å². The average Bonchev–Trinajstić information content (AvgIpc) is 2.70. The quantitative estimate of drug-likeness (QED) is 0.242. The van der Waals surface area contributed by atoms with E-state index in [2.05, 4.69) is 17.2 Å². The summed E-state index contributed by atoms with van der Waals surface area (Å²) in [5.74, 6) is 0. The molecule has 4 nitrogen and oxygen atoms in total. The van der Waals surface area contributed by atoms with Gasteiger partial charge in [-0.15, -0.1) is 0 Å². The third-order valence-corrected chi connectivity index (χ3v) is 1.91. The molecule has 0 saturated heterocycles. The van der Waals surface area contributed by atoms with Gasteiger partial charge in [0.05, 0.1) is 12.7 Å². The Bertz CT molecular complexity index is 126. The minimum Gasteiger partial charge on any atom is -0.394 e. The second kappa shape index (κ2) is 3.73. The molecule has 2 N–H and O–H groups in total. The second-order valence-corrected chi connectivity index (χ2v) is 3.03. The van der Waals surface area contributed by atoms with Gasteiger partial charge in [0.15, 0.2) is 0 Å². The van der Waals surface area contributed by atoms with Crippen LogP contribution >= 0.6 is 12.9 Å². The summed E-state index contributed by atoms with van der Waals surface area (Å²) in [7, 11) is 0. The lowest BCUT2D eigenvalue weighted by molar-refractivity contribution is -0.249. The molecule has 11 heavy (non-hydrogen) atoms. The van der Waals surface area contributed by atoms with Crippen LogP contribution in [-0.2, 0) is 9.22 Å². The van der Waals surface area contributed by atoms with Crippen LogP contribution in [-0.4, -0.2) is 28.5 Å². The Balaban J connectivity index is 2.23. The van der Waals surface area contributed by atoms with Gasteiger partial charge < -0.3 is 10.2 Å². The molecule has 0 amide bonds. The highest BCUT2D eigenvalue weighted by Crippen LogP contribution is 2.43. The monoisotopic (exact) mass is 180 g/mol. The first-order valence-corrected chi connectivity index (χ1v) is 3.87. The highest BCUT2D eigenvalue weighted by molar-refractivity contribution is 7.74. The number of aliphatic hydroxyl groups is 2. The topological polar surface area (TPSA) is 58.9 Å². The molecule has 1 fully saturated rings. The standard InChI is InChI=1S/C6H12O4S/c7-4-5(8)3-6(1-2-6)9-10-11/h5,7-8,11H,1-4H2/t5-/m0/s1. The molecule has 0 unspecified atom stereocenters. The van der Waals surface area contributed by atoms with Crippen molar-refractivity contribution < 1.29 is 19.4 Å². The normalized spacial score (nSPS) is 23.2. The lowest BCUT2D eigenvalue weighted by Gasteiger charge is -2.15. The number of rotatable bonds is 5. The Hall–Kier alpha value is 0.190. The van der Waals surface area contributed by atoms with Gasteiger partial charge in [0.1, 0.15) is 5.60 Å². The van der Waals surface area contributed by atoms with Gasteiger partial charge in [0.25, 0.3) is 0 Å². The fraction of sp³-hybridized carbons (Fsp3) is 1.00. The first-order valence-electron chi connectivity index (χ1n) is 3.50. The van der Waals surface area contributed by atoms with E-state index in [4.69, 9.17) is 15.1 Å². The molecule has 0 spiro atoms. The highest BCUT2D eigenvalue weighted by Gasteiger charge is 2.47. The van der Waals surface area contributed by atoms with Gasteiger partial charge >= 0.3 is 0 Å². The SMILES string of the molecule is OC[C@@H](O)CC1(OOS)CC1. The lowest BCUT2D eigenvalue weighted by atomic mass is 10.1. The molecule has 0 aromatic rings. The molecule has 1 rings (SSSR count). The lowest BCUT2D eigenvalue weighted by Crippen LogP contribution is -2.24. The molecule has 0 aromatic heterocycles. The summed E-state index contributed by atoms with van der Waals surface area (Å²) in [6.45, 7) is -0.238. The van der Waals surface area contributed by atoms with Crippen molar-refractivity contribution in [1.82, 2.24) is 0 Å². The minimum absolute atomic E-state index is 0.238. The molecule has 1 aliphatic rings.